The Morgan fingerprint density at radius 2 is 2.00 bits per heavy atom. The molecule has 2 aromatic carbocycles. The molecule has 0 aliphatic carbocycles. The van der Waals surface area contributed by atoms with E-state index < -0.39 is 0 Å². The molecule has 130 valence electrons. The van der Waals surface area contributed by atoms with Crippen molar-refractivity contribution in [1.82, 2.24) is 5.32 Å². The number of benzene rings is 2. The molecule has 1 heterocycles. The van der Waals surface area contributed by atoms with E-state index in [1.54, 1.807) is 0 Å². The molecule has 0 saturated heterocycles. The fraction of sp³-hybridized carbons (Fsp3) is 0.333. The fourth-order valence-corrected chi connectivity index (χ4v) is 3.28. The van der Waals surface area contributed by atoms with Crippen LogP contribution in [0.15, 0.2) is 42.5 Å². The van der Waals surface area contributed by atoms with Gasteiger partial charge in [0.2, 0.25) is 11.8 Å². The Morgan fingerprint density at radius 3 is 2.80 bits per heavy atom. The number of hydrogen-bond acceptors (Lipinski definition) is 2. The quantitative estimate of drug-likeness (QED) is 0.878. The molecule has 2 amide bonds. The summed E-state index contributed by atoms with van der Waals surface area (Å²) in [6.45, 7) is 4.64. The van der Waals surface area contributed by atoms with E-state index in [-0.39, 0.29) is 17.7 Å². The summed E-state index contributed by atoms with van der Waals surface area (Å²) in [6.07, 6.45) is 1.64. The van der Waals surface area contributed by atoms with Crippen molar-refractivity contribution >= 4 is 17.5 Å². The molecule has 1 aliphatic rings. The Kier molecular flexibility index (Phi) is 5.17. The molecule has 1 aliphatic heterocycles. The summed E-state index contributed by atoms with van der Waals surface area (Å²) in [5, 5.41) is 5.90. The SMILES string of the molecule is Cc1ccc(CNC(=O)CCC2Cc3ccccc3NC2=O)c(C)c1. The number of aryl methyl sites for hydroxylation is 2. The number of rotatable bonds is 5. The smallest absolute Gasteiger partial charge is 0.227 e. The zero-order valence-electron chi connectivity index (χ0n) is 14.8. The zero-order chi connectivity index (χ0) is 17.8. The standard InChI is InChI=1S/C21H24N2O2/c1-14-7-8-18(15(2)11-14)13-22-20(24)10-9-17-12-16-5-3-4-6-19(16)23-21(17)25/h3-8,11,17H,9-10,12-13H2,1-2H3,(H,22,24)(H,23,25). The zero-order valence-corrected chi connectivity index (χ0v) is 14.8. The van der Waals surface area contributed by atoms with Gasteiger partial charge in [-0.05, 0) is 49.4 Å². The molecule has 0 saturated carbocycles. The van der Waals surface area contributed by atoms with Crippen LogP contribution in [0, 0.1) is 19.8 Å². The van der Waals surface area contributed by atoms with Gasteiger partial charge in [-0.1, -0.05) is 42.0 Å². The van der Waals surface area contributed by atoms with Crippen LogP contribution in [0.3, 0.4) is 0 Å². The lowest BCUT2D eigenvalue weighted by Crippen LogP contribution is -2.31. The van der Waals surface area contributed by atoms with E-state index in [2.05, 4.69) is 42.7 Å². The van der Waals surface area contributed by atoms with Gasteiger partial charge in [0.05, 0.1) is 0 Å². The molecule has 0 bridgehead atoms. The third kappa shape index (κ3) is 4.27. The molecule has 0 spiro atoms. The van der Waals surface area contributed by atoms with E-state index in [9.17, 15) is 9.59 Å². The van der Waals surface area contributed by atoms with Crippen molar-refractivity contribution in [2.45, 2.75) is 39.7 Å². The first kappa shape index (κ1) is 17.2. The number of amides is 2. The van der Waals surface area contributed by atoms with E-state index in [0.29, 0.717) is 25.8 Å². The highest BCUT2D eigenvalue weighted by Gasteiger charge is 2.26. The third-order valence-electron chi connectivity index (χ3n) is 4.81. The second kappa shape index (κ2) is 7.51. The Labute approximate surface area is 148 Å². The Balaban J connectivity index is 1.50. The van der Waals surface area contributed by atoms with Crippen LogP contribution in [0.5, 0.6) is 0 Å². The van der Waals surface area contributed by atoms with Crippen molar-refractivity contribution in [3.8, 4) is 0 Å². The summed E-state index contributed by atoms with van der Waals surface area (Å²) < 4.78 is 0. The molecule has 1 unspecified atom stereocenters. The van der Waals surface area contributed by atoms with Crippen LogP contribution >= 0.6 is 0 Å². The minimum absolute atomic E-state index is 0.00775. The first-order valence-corrected chi connectivity index (χ1v) is 8.74. The Hall–Kier alpha value is -2.62. The molecule has 4 heteroatoms. The highest BCUT2D eigenvalue weighted by atomic mass is 16.2. The van der Waals surface area contributed by atoms with E-state index in [1.807, 2.05) is 24.3 Å². The first-order chi connectivity index (χ1) is 12.0. The van der Waals surface area contributed by atoms with Crippen molar-refractivity contribution in [3.05, 3.63) is 64.7 Å². The average molecular weight is 336 g/mol. The van der Waals surface area contributed by atoms with Crippen molar-refractivity contribution in [2.24, 2.45) is 5.92 Å². The predicted octanol–water partition coefficient (Wildman–Crippen LogP) is 3.51. The van der Waals surface area contributed by atoms with Gasteiger partial charge in [-0.2, -0.15) is 0 Å². The van der Waals surface area contributed by atoms with Crippen LogP contribution in [-0.2, 0) is 22.6 Å². The molecule has 0 radical (unpaired) electrons. The number of carbonyl (C=O) groups excluding carboxylic acids is 2. The molecule has 0 aromatic heterocycles. The highest BCUT2D eigenvalue weighted by Crippen LogP contribution is 2.27. The van der Waals surface area contributed by atoms with Gasteiger partial charge in [0, 0.05) is 24.6 Å². The fourth-order valence-electron chi connectivity index (χ4n) is 3.28. The van der Waals surface area contributed by atoms with Crippen LogP contribution in [0.4, 0.5) is 5.69 Å². The van der Waals surface area contributed by atoms with E-state index in [1.165, 1.54) is 11.1 Å². The van der Waals surface area contributed by atoms with Crippen LogP contribution < -0.4 is 10.6 Å². The summed E-state index contributed by atoms with van der Waals surface area (Å²) in [7, 11) is 0. The summed E-state index contributed by atoms with van der Waals surface area (Å²) in [4.78, 5) is 24.3. The van der Waals surface area contributed by atoms with Gasteiger partial charge in [-0.25, -0.2) is 0 Å². The summed E-state index contributed by atoms with van der Waals surface area (Å²) in [5.41, 5.74) is 5.56. The van der Waals surface area contributed by atoms with Crippen molar-refractivity contribution < 1.29 is 9.59 Å². The lowest BCUT2D eigenvalue weighted by Gasteiger charge is -2.24. The lowest BCUT2D eigenvalue weighted by atomic mass is 9.89. The Morgan fingerprint density at radius 1 is 1.20 bits per heavy atom. The summed E-state index contributed by atoms with van der Waals surface area (Å²) in [6, 6.07) is 14.1. The molecule has 2 aromatic rings. The van der Waals surface area contributed by atoms with Crippen molar-refractivity contribution in [1.29, 1.82) is 0 Å². The number of anilines is 1. The number of para-hydroxylation sites is 1. The van der Waals surface area contributed by atoms with Gasteiger partial charge in [-0.3, -0.25) is 9.59 Å². The third-order valence-corrected chi connectivity index (χ3v) is 4.81. The number of fused-ring (bicyclic) bond motifs is 1. The molecule has 0 fully saturated rings. The van der Waals surface area contributed by atoms with Gasteiger partial charge in [-0.15, -0.1) is 0 Å². The lowest BCUT2D eigenvalue weighted by molar-refractivity contribution is -0.122. The monoisotopic (exact) mass is 336 g/mol. The van der Waals surface area contributed by atoms with Gasteiger partial charge in [0.25, 0.3) is 0 Å². The maximum absolute atomic E-state index is 12.2. The highest BCUT2D eigenvalue weighted by molar-refractivity contribution is 5.96. The second-order valence-electron chi connectivity index (χ2n) is 6.79. The molecule has 3 rings (SSSR count). The van der Waals surface area contributed by atoms with Gasteiger partial charge < -0.3 is 10.6 Å². The van der Waals surface area contributed by atoms with E-state index >= 15 is 0 Å². The van der Waals surface area contributed by atoms with E-state index in [4.69, 9.17) is 0 Å². The number of nitrogens with one attached hydrogen (secondary N) is 2. The molecule has 4 nitrogen and oxygen atoms in total. The van der Waals surface area contributed by atoms with Crippen LogP contribution in [0.25, 0.3) is 0 Å². The number of hydrogen-bond donors (Lipinski definition) is 2. The Bertz CT molecular complexity index is 798. The normalized spacial score (nSPS) is 16.1. The molecule has 2 N–H and O–H groups in total. The van der Waals surface area contributed by atoms with Crippen molar-refractivity contribution in [2.75, 3.05) is 5.32 Å². The van der Waals surface area contributed by atoms with E-state index in [0.717, 1.165) is 16.8 Å². The summed E-state index contributed by atoms with van der Waals surface area (Å²) >= 11 is 0. The number of carbonyl (C=O) groups is 2. The van der Waals surface area contributed by atoms with Gasteiger partial charge in [0.1, 0.15) is 0 Å². The minimum atomic E-state index is -0.137. The minimum Gasteiger partial charge on any atom is -0.352 e. The van der Waals surface area contributed by atoms with Gasteiger partial charge >= 0.3 is 0 Å². The molecule has 1 atom stereocenters. The van der Waals surface area contributed by atoms with Crippen LogP contribution in [-0.4, -0.2) is 11.8 Å². The van der Waals surface area contributed by atoms with Crippen LogP contribution in [0.2, 0.25) is 0 Å². The predicted molar refractivity (Wildman–Crippen MR) is 99.3 cm³/mol. The molecular formula is C21H24N2O2. The average Bonchev–Trinajstić information content (AvgIpc) is 2.59. The van der Waals surface area contributed by atoms with Crippen molar-refractivity contribution in [3.63, 3.8) is 0 Å². The maximum atomic E-state index is 12.2. The maximum Gasteiger partial charge on any atom is 0.227 e. The van der Waals surface area contributed by atoms with Crippen LogP contribution in [0.1, 0.15) is 35.1 Å². The summed E-state index contributed by atoms with van der Waals surface area (Å²) in [5.74, 6) is -0.130. The second-order valence-corrected chi connectivity index (χ2v) is 6.79. The molecular weight excluding hydrogens is 312 g/mol. The molecule has 25 heavy (non-hydrogen) atoms. The topological polar surface area (TPSA) is 58.2 Å². The van der Waals surface area contributed by atoms with Gasteiger partial charge in [0.15, 0.2) is 0 Å². The largest absolute Gasteiger partial charge is 0.352 e. The first-order valence-electron chi connectivity index (χ1n) is 8.74.